The highest BCUT2D eigenvalue weighted by atomic mass is 79.9. The number of esters is 1. The van der Waals surface area contributed by atoms with Gasteiger partial charge in [0.2, 0.25) is 0 Å². The van der Waals surface area contributed by atoms with Gasteiger partial charge >= 0.3 is 5.97 Å². The molecule has 0 amide bonds. The highest BCUT2D eigenvalue weighted by molar-refractivity contribution is 9.10. The van der Waals surface area contributed by atoms with Gasteiger partial charge in [0, 0.05) is 33.1 Å². The molecule has 0 saturated carbocycles. The summed E-state index contributed by atoms with van der Waals surface area (Å²) >= 11 is 6.17. The lowest BCUT2D eigenvalue weighted by Crippen LogP contribution is -2.39. The molecule has 5 rings (SSSR count). The van der Waals surface area contributed by atoms with Crippen molar-refractivity contribution in [1.82, 2.24) is 4.57 Å². The van der Waals surface area contributed by atoms with Gasteiger partial charge in [-0.1, -0.05) is 23.5 Å². The number of rotatable bonds is 7. The van der Waals surface area contributed by atoms with Crippen molar-refractivity contribution in [3.8, 4) is 11.3 Å². The number of benzene rings is 2. The van der Waals surface area contributed by atoms with Crippen LogP contribution in [0.4, 0.5) is 5.69 Å². The molecule has 0 spiro atoms. The second-order valence-electron chi connectivity index (χ2n) is 8.70. The van der Waals surface area contributed by atoms with E-state index in [1.165, 1.54) is 28.0 Å². The van der Waals surface area contributed by atoms with Crippen LogP contribution in [-0.4, -0.2) is 28.3 Å². The maximum Gasteiger partial charge on any atom is 0.338 e. The smallest absolute Gasteiger partial charge is 0.338 e. The number of thiazole rings is 1. The van der Waals surface area contributed by atoms with Gasteiger partial charge < -0.3 is 9.15 Å². The molecular formula is C28H22BrN3O6S2. The molecule has 9 nitrogen and oxygen atoms in total. The van der Waals surface area contributed by atoms with E-state index in [1.807, 2.05) is 30.5 Å². The largest absolute Gasteiger partial charge is 0.463 e. The van der Waals surface area contributed by atoms with Crippen molar-refractivity contribution in [3.05, 3.63) is 111 Å². The van der Waals surface area contributed by atoms with Crippen molar-refractivity contribution < 1.29 is 18.9 Å². The highest BCUT2D eigenvalue weighted by Gasteiger charge is 2.33. The fraction of sp³-hybridized carbons (Fsp3) is 0.179. The normalized spacial score (nSPS) is 15.1. The first-order chi connectivity index (χ1) is 19.2. The summed E-state index contributed by atoms with van der Waals surface area (Å²) in [4.78, 5) is 43.5. The third kappa shape index (κ3) is 5.21. The standard InChI is InChI=1S/C28H22BrN3O6S2/c1-4-37-27(34)24-15(2)30-28-31(25(24)16-5-9-19(39-3)10-6-16)26(33)23(40-28)14-18-8-12-22(38-18)20-11-7-17(32(35)36)13-21(20)29/h5-14,25H,4H2,1-3H3/b23-14-. The maximum atomic E-state index is 13.8. The molecule has 12 heteroatoms. The quantitative estimate of drug-likeness (QED) is 0.114. The predicted octanol–water partition coefficient (Wildman–Crippen LogP) is 5.45. The van der Waals surface area contributed by atoms with E-state index >= 15 is 0 Å². The lowest BCUT2D eigenvalue weighted by atomic mass is 9.96. The Bertz CT molecular complexity index is 1850. The average Bonchev–Trinajstić information content (AvgIpc) is 3.52. The second kappa shape index (κ2) is 11.4. The maximum absolute atomic E-state index is 13.8. The van der Waals surface area contributed by atoms with Crippen LogP contribution in [0.3, 0.4) is 0 Å². The number of nitrogens with zero attached hydrogens (tertiary/aromatic N) is 3. The highest BCUT2D eigenvalue weighted by Crippen LogP contribution is 2.33. The van der Waals surface area contributed by atoms with Gasteiger partial charge in [-0.2, -0.15) is 0 Å². The molecule has 0 radical (unpaired) electrons. The van der Waals surface area contributed by atoms with Gasteiger partial charge in [0.05, 0.1) is 33.4 Å². The van der Waals surface area contributed by atoms with Crippen LogP contribution in [-0.2, 0) is 9.53 Å². The van der Waals surface area contributed by atoms with E-state index in [9.17, 15) is 19.7 Å². The Kier molecular flexibility index (Phi) is 7.92. The zero-order valence-electron chi connectivity index (χ0n) is 21.5. The summed E-state index contributed by atoms with van der Waals surface area (Å²) in [5, 5.41) is 11.1. The molecule has 4 aromatic rings. The van der Waals surface area contributed by atoms with Crippen LogP contribution in [0.5, 0.6) is 0 Å². The Morgan fingerprint density at radius 2 is 2.00 bits per heavy atom. The van der Waals surface area contributed by atoms with Crippen LogP contribution < -0.4 is 14.9 Å². The van der Waals surface area contributed by atoms with Crippen molar-refractivity contribution in [1.29, 1.82) is 0 Å². The van der Waals surface area contributed by atoms with Crippen molar-refractivity contribution in [3.63, 3.8) is 0 Å². The SMILES string of the molecule is CCOC(=O)C1=C(C)N=c2s/c(=C\c3ccc(-c4ccc([N+](=O)[O-])cc4Br)o3)c(=O)n2C1c1ccc(SC)cc1. The molecule has 204 valence electrons. The number of halogens is 1. The molecule has 40 heavy (non-hydrogen) atoms. The number of hydrogen-bond donors (Lipinski definition) is 0. The minimum atomic E-state index is -0.698. The van der Waals surface area contributed by atoms with Crippen molar-refractivity contribution in [2.45, 2.75) is 24.8 Å². The fourth-order valence-corrected chi connectivity index (χ4v) is 6.41. The van der Waals surface area contributed by atoms with Crippen molar-refractivity contribution >= 4 is 56.8 Å². The number of allylic oxidation sites excluding steroid dienone is 1. The van der Waals surface area contributed by atoms with Gasteiger partial charge in [-0.05, 0) is 71.9 Å². The Morgan fingerprint density at radius 1 is 1.25 bits per heavy atom. The molecule has 1 aliphatic rings. The van der Waals surface area contributed by atoms with Gasteiger partial charge in [0.15, 0.2) is 4.80 Å². The van der Waals surface area contributed by atoms with E-state index in [4.69, 9.17) is 9.15 Å². The number of nitro groups is 1. The molecule has 0 saturated heterocycles. The third-order valence-corrected chi connectivity index (χ3v) is 8.66. The Hall–Kier alpha value is -3.74. The van der Waals surface area contributed by atoms with E-state index in [0.717, 1.165) is 10.5 Å². The summed E-state index contributed by atoms with van der Waals surface area (Å²) in [6.45, 7) is 3.68. The zero-order chi connectivity index (χ0) is 28.6. The molecule has 0 N–H and O–H groups in total. The van der Waals surface area contributed by atoms with Gasteiger partial charge in [-0.3, -0.25) is 19.5 Å². The van der Waals surface area contributed by atoms with E-state index in [-0.39, 0.29) is 17.9 Å². The molecule has 0 aliphatic carbocycles. The molecule has 2 aromatic heterocycles. The Labute approximate surface area is 244 Å². The summed E-state index contributed by atoms with van der Waals surface area (Å²) in [5.74, 6) is 0.391. The van der Waals surface area contributed by atoms with Crippen LogP contribution in [0, 0.1) is 10.1 Å². The van der Waals surface area contributed by atoms with Crippen molar-refractivity contribution in [2.24, 2.45) is 4.99 Å². The molecule has 2 aromatic carbocycles. The number of aromatic nitrogens is 1. The third-order valence-electron chi connectivity index (χ3n) is 6.28. The van der Waals surface area contributed by atoms with E-state index in [0.29, 0.717) is 42.2 Å². The zero-order valence-corrected chi connectivity index (χ0v) is 24.8. The van der Waals surface area contributed by atoms with Crippen LogP contribution in [0.2, 0.25) is 0 Å². The molecule has 1 atom stereocenters. The number of fused-ring (bicyclic) bond motifs is 1. The van der Waals surface area contributed by atoms with Crippen LogP contribution in [0.15, 0.2) is 89.4 Å². The Balaban J connectivity index is 1.60. The number of non-ortho nitro benzene ring substituents is 1. The summed E-state index contributed by atoms with van der Waals surface area (Å²) in [7, 11) is 0. The predicted molar refractivity (Wildman–Crippen MR) is 157 cm³/mol. The second-order valence-corrected chi connectivity index (χ2v) is 11.4. The van der Waals surface area contributed by atoms with E-state index in [1.54, 1.807) is 49.9 Å². The van der Waals surface area contributed by atoms with Gasteiger partial charge in [-0.25, -0.2) is 9.79 Å². The summed E-state index contributed by atoms with van der Waals surface area (Å²) in [5.41, 5.74) is 1.86. The lowest BCUT2D eigenvalue weighted by molar-refractivity contribution is -0.384. The number of carbonyl (C=O) groups excluding carboxylic acids is 1. The van der Waals surface area contributed by atoms with Crippen molar-refractivity contribution in [2.75, 3.05) is 12.9 Å². The van der Waals surface area contributed by atoms with Gasteiger partial charge in [0.25, 0.3) is 11.2 Å². The Morgan fingerprint density at radius 3 is 2.65 bits per heavy atom. The van der Waals surface area contributed by atoms with Crippen LogP contribution in [0.1, 0.15) is 31.2 Å². The molecule has 1 aliphatic heterocycles. The topological polar surface area (TPSA) is 117 Å². The van der Waals surface area contributed by atoms with Crippen LogP contribution >= 0.6 is 39.0 Å². The summed E-state index contributed by atoms with van der Waals surface area (Å²) in [6.07, 6.45) is 3.61. The first-order valence-corrected chi connectivity index (χ1v) is 14.9. The minimum absolute atomic E-state index is 0.0429. The van der Waals surface area contributed by atoms with Gasteiger partial charge in [-0.15, -0.1) is 11.8 Å². The molecule has 0 fully saturated rings. The lowest BCUT2D eigenvalue weighted by Gasteiger charge is -2.24. The van der Waals surface area contributed by atoms with Gasteiger partial charge in [0.1, 0.15) is 11.5 Å². The van der Waals surface area contributed by atoms with Crippen LogP contribution in [0.25, 0.3) is 17.4 Å². The number of hydrogen-bond acceptors (Lipinski definition) is 9. The first-order valence-electron chi connectivity index (χ1n) is 12.1. The summed E-state index contributed by atoms with van der Waals surface area (Å²) in [6, 6.07) is 14.9. The number of ether oxygens (including phenoxy) is 1. The number of furan rings is 1. The van der Waals surface area contributed by atoms with E-state index in [2.05, 4.69) is 20.9 Å². The first kappa shape index (κ1) is 27.8. The number of carbonyl (C=O) groups is 1. The minimum Gasteiger partial charge on any atom is -0.463 e. The molecular weight excluding hydrogens is 618 g/mol. The molecule has 0 bridgehead atoms. The molecule has 3 heterocycles. The average molecular weight is 641 g/mol. The molecule has 1 unspecified atom stereocenters. The fourth-order valence-electron chi connectivity index (χ4n) is 4.41. The number of nitro benzene ring substituents is 1. The monoisotopic (exact) mass is 639 g/mol. The summed E-state index contributed by atoms with van der Waals surface area (Å²) < 4.78 is 13.7. The van der Waals surface area contributed by atoms with E-state index < -0.39 is 16.9 Å². The number of thioether (sulfide) groups is 1.